The van der Waals surface area contributed by atoms with Gasteiger partial charge >= 0.3 is 0 Å². The molecular formula is C17H34N2O. The topological polar surface area (TPSA) is 24.5 Å². The number of nitrogens with zero attached hydrogens (tertiary/aromatic N) is 1. The summed E-state index contributed by atoms with van der Waals surface area (Å²) in [5.41, 5.74) is 0. The van der Waals surface area contributed by atoms with E-state index in [1.165, 1.54) is 32.2 Å². The highest BCUT2D eigenvalue weighted by Crippen LogP contribution is 2.23. The van der Waals surface area contributed by atoms with Gasteiger partial charge in [-0.2, -0.15) is 0 Å². The van der Waals surface area contributed by atoms with Gasteiger partial charge in [0.2, 0.25) is 0 Å². The predicted molar refractivity (Wildman–Crippen MR) is 85.0 cm³/mol. The van der Waals surface area contributed by atoms with Crippen LogP contribution in [0.15, 0.2) is 0 Å². The molecule has 2 heterocycles. The summed E-state index contributed by atoms with van der Waals surface area (Å²) >= 11 is 0. The van der Waals surface area contributed by atoms with Crippen LogP contribution in [0.1, 0.15) is 53.4 Å². The van der Waals surface area contributed by atoms with E-state index in [0.29, 0.717) is 18.2 Å². The van der Waals surface area contributed by atoms with Crippen LogP contribution in [0.4, 0.5) is 0 Å². The van der Waals surface area contributed by atoms with Crippen LogP contribution in [0.5, 0.6) is 0 Å². The second-order valence-electron chi connectivity index (χ2n) is 7.28. The second kappa shape index (κ2) is 7.77. The van der Waals surface area contributed by atoms with Crippen LogP contribution >= 0.6 is 0 Å². The second-order valence-corrected chi connectivity index (χ2v) is 7.28. The van der Waals surface area contributed by atoms with E-state index < -0.39 is 0 Å². The van der Waals surface area contributed by atoms with Crippen LogP contribution in [0.2, 0.25) is 0 Å². The van der Waals surface area contributed by atoms with Crippen molar-refractivity contribution in [2.45, 2.75) is 71.6 Å². The average Bonchev–Trinajstić information content (AvgIpc) is 2.90. The lowest BCUT2D eigenvalue weighted by molar-refractivity contribution is 0.0219. The molecule has 2 aliphatic heterocycles. The van der Waals surface area contributed by atoms with E-state index in [1.54, 1.807) is 0 Å². The van der Waals surface area contributed by atoms with Crippen LogP contribution in [0.25, 0.3) is 0 Å². The summed E-state index contributed by atoms with van der Waals surface area (Å²) in [7, 11) is 0. The molecule has 3 nitrogen and oxygen atoms in total. The highest BCUT2D eigenvalue weighted by atomic mass is 16.5. The summed E-state index contributed by atoms with van der Waals surface area (Å²) in [5, 5.41) is 3.79. The third kappa shape index (κ3) is 4.44. The van der Waals surface area contributed by atoms with Gasteiger partial charge in [-0.3, -0.25) is 4.90 Å². The van der Waals surface area contributed by atoms with Gasteiger partial charge in [-0.15, -0.1) is 0 Å². The van der Waals surface area contributed by atoms with E-state index in [2.05, 4.69) is 37.9 Å². The van der Waals surface area contributed by atoms with Crippen molar-refractivity contribution in [3.05, 3.63) is 0 Å². The molecule has 3 heteroatoms. The predicted octanol–water partition coefficient (Wildman–Crippen LogP) is 2.90. The number of piperazine rings is 1. The van der Waals surface area contributed by atoms with Gasteiger partial charge in [0.1, 0.15) is 0 Å². The highest BCUT2D eigenvalue weighted by molar-refractivity contribution is 4.90. The fraction of sp³-hybridized carbons (Fsp3) is 1.00. The molecule has 0 amide bonds. The van der Waals surface area contributed by atoms with Crippen LogP contribution in [-0.4, -0.2) is 49.3 Å². The molecule has 2 saturated heterocycles. The van der Waals surface area contributed by atoms with E-state index >= 15 is 0 Å². The Balaban J connectivity index is 1.94. The Labute approximate surface area is 125 Å². The lowest BCUT2D eigenvalue weighted by atomic mass is 9.92. The number of hydrogen-bond acceptors (Lipinski definition) is 3. The molecule has 0 radical (unpaired) electrons. The monoisotopic (exact) mass is 282 g/mol. The molecule has 0 saturated carbocycles. The van der Waals surface area contributed by atoms with Crippen molar-refractivity contribution in [2.24, 2.45) is 11.8 Å². The van der Waals surface area contributed by atoms with E-state index in [0.717, 1.165) is 31.5 Å². The molecule has 2 fully saturated rings. The van der Waals surface area contributed by atoms with E-state index in [4.69, 9.17) is 4.74 Å². The molecule has 0 spiro atoms. The van der Waals surface area contributed by atoms with Crippen molar-refractivity contribution in [3.63, 3.8) is 0 Å². The van der Waals surface area contributed by atoms with Crippen molar-refractivity contribution in [2.75, 3.05) is 26.2 Å². The molecule has 0 aliphatic carbocycles. The number of hydrogen-bond donors (Lipinski definition) is 1. The molecule has 1 N–H and O–H groups in total. The molecule has 0 aromatic heterocycles. The van der Waals surface area contributed by atoms with Crippen LogP contribution in [0.3, 0.4) is 0 Å². The maximum atomic E-state index is 5.87. The zero-order valence-corrected chi connectivity index (χ0v) is 13.9. The first-order valence-electron chi connectivity index (χ1n) is 8.69. The Morgan fingerprint density at radius 3 is 2.70 bits per heavy atom. The summed E-state index contributed by atoms with van der Waals surface area (Å²) in [6, 6.07) is 1.35. The molecule has 2 aliphatic rings. The summed E-state index contributed by atoms with van der Waals surface area (Å²) < 4.78 is 5.87. The number of nitrogens with one attached hydrogen (secondary N) is 1. The molecular weight excluding hydrogens is 248 g/mol. The highest BCUT2D eigenvalue weighted by Gasteiger charge is 2.33. The Morgan fingerprint density at radius 1 is 1.30 bits per heavy atom. The summed E-state index contributed by atoms with van der Waals surface area (Å²) in [4.78, 5) is 2.73. The van der Waals surface area contributed by atoms with Gasteiger partial charge in [0.15, 0.2) is 0 Å². The Kier molecular flexibility index (Phi) is 6.31. The SMILES string of the molecule is CCC(C)C1CNC(CC(C)C)CN1CC1CCCO1. The summed E-state index contributed by atoms with van der Waals surface area (Å²) in [6.45, 7) is 13.8. The molecule has 0 aromatic rings. The van der Waals surface area contributed by atoms with Gasteiger partial charge in [-0.05, 0) is 31.1 Å². The minimum atomic E-state index is 0.486. The minimum absolute atomic E-state index is 0.486. The fourth-order valence-electron chi connectivity index (χ4n) is 3.72. The Morgan fingerprint density at radius 2 is 2.10 bits per heavy atom. The normalized spacial score (nSPS) is 33.8. The molecule has 20 heavy (non-hydrogen) atoms. The summed E-state index contributed by atoms with van der Waals surface area (Å²) in [6.07, 6.45) is 5.55. The Bertz CT molecular complexity index is 276. The first-order valence-corrected chi connectivity index (χ1v) is 8.69. The Hall–Kier alpha value is -0.120. The quantitative estimate of drug-likeness (QED) is 0.811. The van der Waals surface area contributed by atoms with Gasteiger partial charge in [0.25, 0.3) is 0 Å². The van der Waals surface area contributed by atoms with Gasteiger partial charge in [0, 0.05) is 38.3 Å². The molecule has 2 rings (SSSR count). The zero-order chi connectivity index (χ0) is 14.5. The maximum absolute atomic E-state index is 5.87. The van der Waals surface area contributed by atoms with Crippen molar-refractivity contribution in [1.29, 1.82) is 0 Å². The smallest absolute Gasteiger partial charge is 0.0702 e. The van der Waals surface area contributed by atoms with Crippen molar-refractivity contribution in [1.82, 2.24) is 10.2 Å². The van der Waals surface area contributed by atoms with Crippen LogP contribution in [-0.2, 0) is 4.74 Å². The lowest BCUT2D eigenvalue weighted by Crippen LogP contribution is -2.60. The third-order valence-corrected chi connectivity index (χ3v) is 5.06. The molecule has 0 aromatic carbocycles. The summed E-state index contributed by atoms with van der Waals surface area (Å²) in [5.74, 6) is 1.54. The lowest BCUT2D eigenvalue weighted by Gasteiger charge is -2.44. The van der Waals surface area contributed by atoms with Crippen molar-refractivity contribution >= 4 is 0 Å². The standard InChI is InChI=1S/C17H34N2O/c1-5-14(4)17-10-18-15(9-13(2)3)11-19(17)12-16-7-6-8-20-16/h13-18H,5-12H2,1-4H3. The maximum Gasteiger partial charge on any atom is 0.0702 e. The molecule has 118 valence electrons. The van der Waals surface area contributed by atoms with Crippen LogP contribution in [0, 0.1) is 11.8 Å². The molecule has 4 atom stereocenters. The molecule has 4 unspecified atom stereocenters. The number of ether oxygens (including phenoxy) is 1. The minimum Gasteiger partial charge on any atom is -0.377 e. The van der Waals surface area contributed by atoms with Gasteiger partial charge in [-0.1, -0.05) is 34.1 Å². The molecule has 0 bridgehead atoms. The van der Waals surface area contributed by atoms with Gasteiger partial charge in [0.05, 0.1) is 6.10 Å². The van der Waals surface area contributed by atoms with E-state index in [9.17, 15) is 0 Å². The number of rotatable bonds is 6. The zero-order valence-electron chi connectivity index (χ0n) is 13.9. The average molecular weight is 282 g/mol. The first kappa shape index (κ1) is 16.3. The van der Waals surface area contributed by atoms with Crippen molar-refractivity contribution in [3.8, 4) is 0 Å². The van der Waals surface area contributed by atoms with Gasteiger partial charge < -0.3 is 10.1 Å². The van der Waals surface area contributed by atoms with Crippen LogP contribution < -0.4 is 5.32 Å². The van der Waals surface area contributed by atoms with Crippen molar-refractivity contribution < 1.29 is 4.74 Å². The third-order valence-electron chi connectivity index (χ3n) is 5.06. The first-order chi connectivity index (χ1) is 9.60. The van der Waals surface area contributed by atoms with E-state index in [-0.39, 0.29) is 0 Å². The largest absolute Gasteiger partial charge is 0.377 e. The van der Waals surface area contributed by atoms with Gasteiger partial charge in [-0.25, -0.2) is 0 Å². The fourth-order valence-corrected chi connectivity index (χ4v) is 3.72. The van der Waals surface area contributed by atoms with E-state index in [1.807, 2.05) is 0 Å².